The molecule has 5 nitrogen and oxygen atoms in total. The third kappa shape index (κ3) is 3.81. The zero-order valence-corrected chi connectivity index (χ0v) is 14.2. The number of amides is 1. The summed E-state index contributed by atoms with van der Waals surface area (Å²) in [5.41, 5.74) is 0.735. The minimum absolute atomic E-state index is 0.0723. The third-order valence-corrected chi connectivity index (χ3v) is 4.14. The van der Waals surface area contributed by atoms with Gasteiger partial charge in [0.15, 0.2) is 0 Å². The number of carbonyl (C=O) groups is 1. The lowest BCUT2D eigenvalue weighted by Gasteiger charge is -2.08. The van der Waals surface area contributed by atoms with Gasteiger partial charge in [-0.05, 0) is 62.2 Å². The molecular weight excluding hydrogens is 427 g/mol. The van der Waals surface area contributed by atoms with Crippen LogP contribution in [0.3, 0.4) is 0 Å². The van der Waals surface area contributed by atoms with Crippen LogP contribution in [0.4, 0.5) is 11.4 Å². The number of hydrogen-bond acceptors (Lipinski definition) is 3. The third-order valence-electron chi connectivity index (χ3n) is 2.58. The highest BCUT2D eigenvalue weighted by atomic mass is 79.9. The molecule has 0 atom stereocenters. The maximum absolute atomic E-state index is 12.2. The highest BCUT2D eigenvalue weighted by Gasteiger charge is 2.15. The fraction of sp³-hybridized carbons (Fsp3) is 0. The molecule has 0 aliphatic heterocycles. The van der Waals surface area contributed by atoms with E-state index in [9.17, 15) is 14.9 Å². The molecule has 0 aliphatic rings. The Morgan fingerprint density at radius 3 is 2.48 bits per heavy atom. The number of nitrogens with zero attached hydrogens (tertiary/aromatic N) is 1. The number of carbonyl (C=O) groups excluding carboxylic acids is 1. The number of nitrogens with one attached hydrogen (secondary N) is 1. The topological polar surface area (TPSA) is 72.2 Å². The molecule has 2 aromatic carbocycles. The van der Waals surface area contributed by atoms with Crippen molar-refractivity contribution in [2.75, 3.05) is 5.32 Å². The van der Waals surface area contributed by atoms with E-state index in [0.29, 0.717) is 20.7 Å². The number of rotatable bonds is 3. The molecule has 1 N–H and O–H groups in total. The molecule has 21 heavy (non-hydrogen) atoms. The summed E-state index contributed by atoms with van der Waals surface area (Å²) >= 11 is 12.2. The van der Waals surface area contributed by atoms with Crippen LogP contribution in [-0.2, 0) is 0 Å². The maximum atomic E-state index is 12.2. The Balaban J connectivity index is 2.26. The average molecular weight is 434 g/mol. The van der Waals surface area contributed by atoms with Crippen LogP contribution in [0.5, 0.6) is 0 Å². The van der Waals surface area contributed by atoms with E-state index < -0.39 is 4.92 Å². The van der Waals surface area contributed by atoms with Crippen molar-refractivity contribution in [2.45, 2.75) is 0 Å². The highest BCUT2D eigenvalue weighted by Crippen LogP contribution is 2.28. The highest BCUT2D eigenvalue weighted by molar-refractivity contribution is 9.11. The quantitative estimate of drug-likeness (QED) is 0.544. The molecule has 108 valence electrons. The van der Waals surface area contributed by atoms with Gasteiger partial charge in [0, 0.05) is 21.2 Å². The fourth-order valence-electron chi connectivity index (χ4n) is 1.60. The van der Waals surface area contributed by atoms with Crippen molar-refractivity contribution >= 4 is 60.7 Å². The van der Waals surface area contributed by atoms with Crippen molar-refractivity contribution in [3.05, 3.63) is 66.0 Å². The second kappa shape index (κ2) is 6.55. The van der Waals surface area contributed by atoms with Gasteiger partial charge in [-0.15, -0.1) is 0 Å². The zero-order valence-electron chi connectivity index (χ0n) is 10.3. The lowest BCUT2D eigenvalue weighted by Crippen LogP contribution is -2.12. The second-order valence-electron chi connectivity index (χ2n) is 4.00. The van der Waals surface area contributed by atoms with Crippen LogP contribution in [0.15, 0.2) is 45.3 Å². The monoisotopic (exact) mass is 432 g/mol. The number of nitro benzene ring substituents is 1. The van der Waals surface area contributed by atoms with E-state index in [0.717, 1.165) is 0 Å². The predicted octanol–water partition coefficient (Wildman–Crippen LogP) is 5.03. The van der Waals surface area contributed by atoms with Gasteiger partial charge in [0.1, 0.15) is 0 Å². The summed E-state index contributed by atoms with van der Waals surface area (Å²) in [5.74, 6) is -0.370. The number of nitro groups is 1. The molecule has 8 heteroatoms. The zero-order chi connectivity index (χ0) is 15.6. The molecule has 0 saturated heterocycles. The minimum atomic E-state index is -0.511. The lowest BCUT2D eigenvalue weighted by molar-refractivity contribution is -0.385. The Morgan fingerprint density at radius 2 is 1.86 bits per heavy atom. The van der Waals surface area contributed by atoms with Crippen molar-refractivity contribution in [2.24, 2.45) is 0 Å². The summed E-state index contributed by atoms with van der Waals surface area (Å²) in [6, 6.07) is 9.09. The summed E-state index contributed by atoms with van der Waals surface area (Å²) in [6.07, 6.45) is 0. The summed E-state index contributed by atoms with van der Waals surface area (Å²) in [7, 11) is 0. The first-order chi connectivity index (χ1) is 9.88. The van der Waals surface area contributed by atoms with Crippen LogP contribution in [-0.4, -0.2) is 10.8 Å². The molecule has 0 spiro atoms. The molecule has 0 unspecified atom stereocenters. The molecule has 0 saturated carbocycles. The van der Waals surface area contributed by atoms with Gasteiger partial charge in [0.25, 0.3) is 11.6 Å². The first-order valence-electron chi connectivity index (χ1n) is 5.59. The summed E-state index contributed by atoms with van der Waals surface area (Å²) in [6.45, 7) is 0. The van der Waals surface area contributed by atoms with Gasteiger partial charge < -0.3 is 5.32 Å². The molecule has 0 bridgehead atoms. The van der Waals surface area contributed by atoms with E-state index in [4.69, 9.17) is 11.6 Å². The molecule has 0 radical (unpaired) electrons. The van der Waals surface area contributed by atoms with Crippen molar-refractivity contribution < 1.29 is 9.72 Å². The van der Waals surface area contributed by atoms with E-state index in [2.05, 4.69) is 37.2 Å². The van der Waals surface area contributed by atoms with Crippen molar-refractivity contribution in [3.8, 4) is 0 Å². The van der Waals surface area contributed by atoms with Crippen molar-refractivity contribution in [3.63, 3.8) is 0 Å². The predicted molar refractivity (Wildman–Crippen MR) is 87.9 cm³/mol. The standard InChI is InChI=1S/C13H7Br2ClN2O3/c14-10-3-1-7(16)5-9(10)13(19)17-8-2-4-12(18(20)21)11(15)6-8/h1-6H,(H,17,19). The SMILES string of the molecule is O=C(Nc1ccc([N+](=O)[O-])c(Br)c1)c1cc(Cl)ccc1Br. The number of benzene rings is 2. The van der Waals surface area contributed by atoms with Gasteiger partial charge in [0.05, 0.1) is 15.0 Å². The Morgan fingerprint density at radius 1 is 1.14 bits per heavy atom. The van der Waals surface area contributed by atoms with Crippen LogP contribution in [0.1, 0.15) is 10.4 Å². The lowest BCUT2D eigenvalue weighted by atomic mass is 10.2. The van der Waals surface area contributed by atoms with Gasteiger partial charge in [-0.25, -0.2) is 0 Å². The summed E-state index contributed by atoms with van der Waals surface area (Å²) in [4.78, 5) is 22.4. The number of hydrogen-bond donors (Lipinski definition) is 1. The molecule has 2 aromatic rings. The van der Waals surface area contributed by atoms with Crippen LogP contribution in [0.25, 0.3) is 0 Å². The molecule has 0 aliphatic carbocycles. The first-order valence-corrected chi connectivity index (χ1v) is 7.55. The Bertz CT molecular complexity index is 737. The molecule has 0 heterocycles. The van der Waals surface area contributed by atoms with E-state index in [1.807, 2.05) is 0 Å². The van der Waals surface area contributed by atoms with Crippen molar-refractivity contribution in [1.82, 2.24) is 0 Å². The van der Waals surface area contributed by atoms with Crippen LogP contribution < -0.4 is 5.32 Å². The van der Waals surface area contributed by atoms with Crippen LogP contribution >= 0.6 is 43.5 Å². The Labute approximate surface area is 141 Å². The normalized spacial score (nSPS) is 10.2. The average Bonchev–Trinajstić information content (AvgIpc) is 2.41. The van der Waals surface area contributed by atoms with Crippen LogP contribution in [0.2, 0.25) is 5.02 Å². The first kappa shape index (κ1) is 15.9. The molecule has 1 amide bonds. The Hall–Kier alpha value is -1.44. The second-order valence-corrected chi connectivity index (χ2v) is 6.15. The van der Waals surface area contributed by atoms with Gasteiger partial charge in [-0.1, -0.05) is 11.6 Å². The fourth-order valence-corrected chi connectivity index (χ4v) is 2.73. The number of halogens is 3. The molecule has 0 aromatic heterocycles. The van der Waals surface area contributed by atoms with Gasteiger partial charge in [-0.3, -0.25) is 14.9 Å². The summed E-state index contributed by atoms with van der Waals surface area (Å²) < 4.78 is 0.890. The maximum Gasteiger partial charge on any atom is 0.283 e. The van der Waals surface area contributed by atoms with Gasteiger partial charge in [0.2, 0.25) is 0 Å². The van der Waals surface area contributed by atoms with Crippen molar-refractivity contribution in [1.29, 1.82) is 0 Å². The van der Waals surface area contributed by atoms with E-state index in [-0.39, 0.29) is 16.1 Å². The smallest absolute Gasteiger partial charge is 0.283 e. The summed E-state index contributed by atoms with van der Waals surface area (Å²) in [5, 5.41) is 13.8. The van der Waals surface area contributed by atoms with E-state index in [1.54, 1.807) is 12.1 Å². The van der Waals surface area contributed by atoms with E-state index in [1.165, 1.54) is 24.3 Å². The molecule has 2 rings (SSSR count). The Kier molecular flexibility index (Phi) is 4.97. The molecular formula is C13H7Br2ClN2O3. The number of anilines is 1. The van der Waals surface area contributed by atoms with Gasteiger partial charge >= 0.3 is 0 Å². The van der Waals surface area contributed by atoms with Gasteiger partial charge in [-0.2, -0.15) is 0 Å². The minimum Gasteiger partial charge on any atom is -0.322 e. The van der Waals surface area contributed by atoms with E-state index >= 15 is 0 Å². The molecule has 0 fully saturated rings. The largest absolute Gasteiger partial charge is 0.322 e. The van der Waals surface area contributed by atoms with Crippen LogP contribution in [0, 0.1) is 10.1 Å².